The van der Waals surface area contributed by atoms with Gasteiger partial charge in [-0.05, 0) is 17.9 Å². The molecule has 5 nitrogen and oxygen atoms in total. The second kappa shape index (κ2) is 6.08. The molecule has 1 saturated heterocycles. The van der Waals surface area contributed by atoms with Gasteiger partial charge in [-0.2, -0.15) is 0 Å². The lowest BCUT2D eigenvalue weighted by Crippen LogP contribution is -2.36. The highest BCUT2D eigenvalue weighted by Crippen LogP contribution is 2.47. The second-order valence-electron chi connectivity index (χ2n) is 5.61. The standard InChI is InChI=1S/C14H15NO2.C2H4O2/c1-9-7-11-12(9)14(17)15(13(11)16)8-10-5-3-2-4-6-10;1-2(3)4/h2-6,9,11-12H,7-8H2,1H3;1H3,(H,3,4)/t9-,11+,12-;/m0./s1. The van der Waals surface area contributed by atoms with Gasteiger partial charge < -0.3 is 5.11 Å². The number of likely N-dealkylation sites (tertiary alicyclic amines) is 1. The fourth-order valence-corrected chi connectivity index (χ4v) is 2.97. The van der Waals surface area contributed by atoms with Gasteiger partial charge in [0.25, 0.3) is 5.97 Å². The smallest absolute Gasteiger partial charge is 0.300 e. The van der Waals surface area contributed by atoms with Gasteiger partial charge in [0.05, 0.1) is 18.4 Å². The maximum Gasteiger partial charge on any atom is 0.300 e. The quantitative estimate of drug-likeness (QED) is 0.844. The first kappa shape index (κ1) is 15.2. The van der Waals surface area contributed by atoms with Crippen molar-refractivity contribution in [2.45, 2.75) is 26.8 Å². The number of carbonyl (C=O) groups is 3. The van der Waals surface area contributed by atoms with Crippen molar-refractivity contribution in [1.82, 2.24) is 4.90 Å². The highest BCUT2D eigenvalue weighted by molar-refractivity contribution is 6.06. The SMILES string of the molecule is CC(=O)O.C[C@H]1C[C@H]2C(=O)N(Cc3ccccc3)C(=O)[C@@H]12. The van der Waals surface area contributed by atoms with Crippen LogP contribution in [0.1, 0.15) is 25.8 Å². The van der Waals surface area contributed by atoms with Crippen LogP contribution in [0.15, 0.2) is 30.3 Å². The zero-order valence-corrected chi connectivity index (χ0v) is 12.2. The molecule has 1 heterocycles. The second-order valence-corrected chi connectivity index (χ2v) is 5.61. The van der Waals surface area contributed by atoms with Gasteiger partial charge in [0.15, 0.2) is 0 Å². The number of aliphatic carboxylic acids is 1. The third kappa shape index (κ3) is 3.12. The van der Waals surface area contributed by atoms with E-state index < -0.39 is 5.97 Å². The number of imide groups is 1. The molecule has 1 aliphatic carbocycles. The van der Waals surface area contributed by atoms with Crippen LogP contribution in [0.2, 0.25) is 0 Å². The number of benzene rings is 1. The van der Waals surface area contributed by atoms with Crippen molar-refractivity contribution in [1.29, 1.82) is 0 Å². The van der Waals surface area contributed by atoms with Crippen LogP contribution in [0, 0.1) is 17.8 Å². The van der Waals surface area contributed by atoms with E-state index >= 15 is 0 Å². The van der Waals surface area contributed by atoms with E-state index in [1.807, 2.05) is 30.3 Å². The summed E-state index contributed by atoms with van der Waals surface area (Å²) in [5.41, 5.74) is 1.02. The molecule has 3 rings (SSSR count). The number of carboxylic acids is 1. The van der Waals surface area contributed by atoms with E-state index in [2.05, 4.69) is 6.92 Å². The van der Waals surface area contributed by atoms with E-state index in [0.717, 1.165) is 18.9 Å². The van der Waals surface area contributed by atoms with Gasteiger partial charge in [-0.15, -0.1) is 0 Å². The first-order valence-corrected chi connectivity index (χ1v) is 7.00. The average Bonchev–Trinajstić information content (AvgIpc) is 2.59. The number of carbonyl (C=O) groups excluding carboxylic acids is 2. The zero-order chi connectivity index (χ0) is 15.6. The molecule has 1 aromatic carbocycles. The van der Waals surface area contributed by atoms with Crippen LogP contribution in [-0.2, 0) is 20.9 Å². The third-order valence-electron chi connectivity index (χ3n) is 3.99. The van der Waals surface area contributed by atoms with Crippen LogP contribution >= 0.6 is 0 Å². The van der Waals surface area contributed by atoms with Gasteiger partial charge in [-0.1, -0.05) is 37.3 Å². The van der Waals surface area contributed by atoms with Crippen molar-refractivity contribution in [3.8, 4) is 0 Å². The minimum atomic E-state index is -0.833. The summed E-state index contributed by atoms with van der Waals surface area (Å²) in [6, 6.07) is 9.69. The fraction of sp³-hybridized carbons (Fsp3) is 0.438. The van der Waals surface area contributed by atoms with Crippen molar-refractivity contribution in [2.24, 2.45) is 17.8 Å². The molecule has 1 N–H and O–H groups in total. The summed E-state index contributed by atoms with van der Waals surface area (Å²) >= 11 is 0. The van der Waals surface area contributed by atoms with Crippen LogP contribution < -0.4 is 0 Å². The molecule has 2 fully saturated rings. The summed E-state index contributed by atoms with van der Waals surface area (Å²) < 4.78 is 0. The summed E-state index contributed by atoms with van der Waals surface area (Å²) in [6.07, 6.45) is 0.876. The zero-order valence-electron chi connectivity index (χ0n) is 12.2. The fourth-order valence-electron chi connectivity index (χ4n) is 2.97. The minimum Gasteiger partial charge on any atom is -0.481 e. The van der Waals surface area contributed by atoms with Crippen molar-refractivity contribution in [2.75, 3.05) is 0 Å². The molecule has 3 atom stereocenters. The number of nitrogens with zero attached hydrogens (tertiary/aromatic N) is 1. The highest BCUT2D eigenvalue weighted by Gasteiger charge is 2.56. The minimum absolute atomic E-state index is 0.0267. The third-order valence-corrected chi connectivity index (χ3v) is 3.99. The Kier molecular flexibility index (Phi) is 4.40. The van der Waals surface area contributed by atoms with Crippen molar-refractivity contribution in [3.05, 3.63) is 35.9 Å². The van der Waals surface area contributed by atoms with Gasteiger partial charge in [0, 0.05) is 6.92 Å². The lowest BCUT2D eigenvalue weighted by molar-refractivity contribution is -0.140. The molecule has 1 aliphatic heterocycles. The first-order valence-electron chi connectivity index (χ1n) is 7.00. The molecule has 0 aromatic heterocycles. The largest absolute Gasteiger partial charge is 0.481 e. The lowest BCUT2D eigenvalue weighted by Gasteiger charge is -2.33. The van der Waals surface area contributed by atoms with Gasteiger partial charge in [-0.25, -0.2) is 0 Å². The Bertz CT molecular complexity index is 551. The van der Waals surface area contributed by atoms with Crippen LogP contribution in [-0.4, -0.2) is 27.8 Å². The van der Waals surface area contributed by atoms with E-state index in [-0.39, 0.29) is 23.7 Å². The molecular weight excluding hydrogens is 270 g/mol. The Balaban J connectivity index is 0.000000361. The monoisotopic (exact) mass is 289 g/mol. The number of rotatable bonds is 2. The Morgan fingerprint density at radius 2 is 1.81 bits per heavy atom. The molecule has 2 aliphatic rings. The van der Waals surface area contributed by atoms with Gasteiger partial charge in [-0.3, -0.25) is 19.3 Å². The van der Waals surface area contributed by atoms with E-state index in [4.69, 9.17) is 9.90 Å². The molecule has 0 spiro atoms. The predicted molar refractivity (Wildman–Crippen MR) is 76.1 cm³/mol. The molecule has 0 bridgehead atoms. The number of fused-ring (bicyclic) bond motifs is 1. The van der Waals surface area contributed by atoms with Crippen LogP contribution in [0.5, 0.6) is 0 Å². The molecule has 5 heteroatoms. The van der Waals surface area contributed by atoms with Crippen LogP contribution in [0.25, 0.3) is 0 Å². The van der Waals surface area contributed by atoms with Crippen molar-refractivity contribution < 1.29 is 19.5 Å². The normalized spacial score (nSPS) is 26.6. The van der Waals surface area contributed by atoms with Crippen molar-refractivity contribution >= 4 is 17.8 Å². The van der Waals surface area contributed by atoms with Gasteiger partial charge in [0.1, 0.15) is 0 Å². The summed E-state index contributed by atoms with van der Waals surface area (Å²) in [7, 11) is 0. The molecule has 21 heavy (non-hydrogen) atoms. The Morgan fingerprint density at radius 3 is 2.29 bits per heavy atom. The predicted octanol–water partition coefficient (Wildman–Crippen LogP) is 1.92. The van der Waals surface area contributed by atoms with E-state index in [1.165, 1.54) is 4.90 Å². The molecule has 0 radical (unpaired) electrons. The average molecular weight is 289 g/mol. The maximum atomic E-state index is 12.1. The Morgan fingerprint density at radius 1 is 1.24 bits per heavy atom. The molecule has 2 amide bonds. The van der Waals surface area contributed by atoms with E-state index in [9.17, 15) is 9.59 Å². The molecule has 1 aromatic rings. The molecule has 0 unspecified atom stereocenters. The Hall–Kier alpha value is -2.17. The topological polar surface area (TPSA) is 74.7 Å². The number of amides is 2. The van der Waals surface area contributed by atoms with Gasteiger partial charge >= 0.3 is 0 Å². The molecule has 1 saturated carbocycles. The van der Waals surface area contributed by atoms with Crippen LogP contribution in [0.4, 0.5) is 0 Å². The summed E-state index contributed by atoms with van der Waals surface area (Å²) in [4.78, 5) is 34.6. The highest BCUT2D eigenvalue weighted by atomic mass is 16.4. The van der Waals surface area contributed by atoms with Gasteiger partial charge in [0.2, 0.25) is 11.8 Å². The van der Waals surface area contributed by atoms with Crippen molar-refractivity contribution in [3.63, 3.8) is 0 Å². The molecule has 112 valence electrons. The van der Waals surface area contributed by atoms with Crippen LogP contribution in [0.3, 0.4) is 0 Å². The summed E-state index contributed by atoms with van der Waals surface area (Å²) in [6.45, 7) is 3.57. The number of carboxylic acid groups (broad SMARTS) is 1. The maximum absolute atomic E-state index is 12.1. The number of hydrogen-bond acceptors (Lipinski definition) is 3. The van der Waals surface area contributed by atoms with E-state index in [1.54, 1.807) is 0 Å². The lowest BCUT2D eigenvalue weighted by atomic mass is 9.67. The van der Waals surface area contributed by atoms with E-state index in [0.29, 0.717) is 12.5 Å². The molecular formula is C16H19NO4. The number of hydrogen-bond donors (Lipinski definition) is 1. The first-order chi connectivity index (χ1) is 9.91. The summed E-state index contributed by atoms with van der Waals surface area (Å²) in [5.74, 6) is -0.464. The Labute approximate surface area is 123 Å². The summed E-state index contributed by atoms with van der Waals surface area (Å²) in [5, 5.41) is 7.42.